The molecule has 1 aliphatic rings. The van der Waals surface area contributed by atoms with Crippen molar-refractivity contribution >= 4 is 27.5 Å². The van der Waals surface area contributed by atoms with Crippen LogP contribution in [0.3, 0.4) is 0 Å². The summed E-state index contributed by atoms with van der Waals surface area (Å²) in [5.41, 5.74) is 1.19. The lowest BCUT2D eigenvalue weighted by Gasteiger charge is -2.48. The molecular weight excluding hydrogens is 278 g/mol. The zero-order valence-corrected chi connectivity index (χ0v) is 11.3. The molecule has 1 saturated heterocycles. The zero-order valence-electron chi connectivity index (χ0n) is 9.74. The fraction of sp³-hybridized carbons (Fsp3) is 0.214. The summed E-state index contributed by atoms with van der Waals surface area (Å²) in [4.78, 5) is 13.9. The maximum Gasteiger partial charge on any atom is 0.243 e. The van der Waals surface area contributed by atoms with E-state index in [1.165, 1.54) is 0 Å². The van der Waals surface area contributed by atoms with Crippen LogP contribution < -0.4 is 4.90 Å². The van der Waals surface area contributed by atoms with Gasteiger partial charge in [0.1, 0.15) is 0 Å². The molecule has 1 heterocycles. The highest BCUT2D eigenvalue weighted by Gasteiger charge is 2.52. The standard InChI is InChI=1S/C14H14BrNO/c1-10(15)9-14(3)11(2)16(13(14)17)12-7-5-4-6-8-12/h4-8H,1-2,9H2,3H3. The Balaban J connectivity index is 2.26. The van der Waals surface area contributed by atoms with Crippen molar-refractivity contribution in [2.75, 3.05) is 4.90 Å². The number of para-hydroxylation sites is 1. The van der Waals surface area contributed by atoms with Gasteiger partial charge in [0.2, 0.25) is 5.91 Å². The molecule has 0 saturated carbocycles. The molecule has 2 nitrogen and oxygen atoms in total. The third-order valence-corrected chi connectivity index (χ3v) is 3.42. The summed E-state index contributed by atoms with van der Waals surface area (Å²) in [7, 11) is 0. The van der Waals surface area contributed by atoms with Gasteiger partial charge < -0.3 is 0 Å². The Kier molecular flexibility index (Phi) is 2.96. The molecule has 1 amide bonds. The second-order valence-electron chi connectivity index (χ2n) is 4.45. The largest absolute Gasteiger partial charge is 0.284 e. The van der Waals surface area contributed by atoms with E-state index in [9.17, 15) is 4.79 Å². The fourth-order valence-electron chi connectivity index (χ4n) is 2.10. The van der Waals surface area contributed by atoms with Gasteiger partial charge in [-0.2, -0.15) is 0 Å². The number of benzene rings is 1. The van der Waals surface area contributed by atoms with Gasteiger partial charge in [0.25, 0.3) is 0 Å². The monoisotopic (exact) mass is 291 g/mol. The molecule has 0 N–H and O–H groups in total. The third-order valence-electron chi connectivity index (χ3n) is 3.14. The summed E-state index contributed by atoms with van der Waals surface area (Å²) in [6.07, 6.45) is 0.591. The number of carbonyl (C=O) groups is 1. The van der Waals surface area contributed by atoms with E-state index in [0.717, 1.165) is 15.9 Å². The molecule has 0 radical (unpaired) electrons. The number of anilines is 1. The van der Waals surface area contributed by atoms with Crippen molar-refractivity contribution in [2.45, 2.75) is 13.3 Å². The first-order chi connectivity index (χ1) is 7.97. The Labute approximate surface area is 110 Å². The first-order valence-electron chi connectivity index (χ1n) is 5.39. The Morgan fingerprint density at radius 2 is 2.00 bits per heavy atom. The van der Waals surface area contributed by atoms with Crippen LogP contribution in [0.2, 0.25) is 0 Å². The van der Waals surface area contributed by atoms with Crippen LogP contribution in [-0.2, 0) is 4.79 Å². The summed E-state index contributed by atoms with van der Waals surface area (Å²) in [5, 5.41) is 0. The van der Waals surface area contributed by atoms with Crippen LogP contribution in [0.25, 0.3) is 0 Å². The Hall–Kier alpha value is -1.35. The molecule has 1 unspecified atom stereocenters. The van der Waals surface area contributed by atoms with Gasteiger partial charge in [-0.1, -0.05) is 47.3 Å². The van der Waals surface area contributed by atoms with Crippen LogP contribution in [-0.4, -0.2) is 5.91 Å². The third kappa shape index (κ3) is 1.84. The smallest absolute Gasteiger partial charge is 0.243 e. The summed E-state index contributed by atoms with van der Waals surface area (Å²) >= 11 is 3.31. The van der Waals surface area contributed by atoms with Crippen molar-refractivity contribution in [1.29, 1.82) is 0 Å². The molecule has 88 valence electrons. The normalized spacial score (nSPS) is 23.5. The quantitative estimate of drug-likeness (QED) is 0.775. The number of halogens is 1. The van der Waals surface area contributed by atoms with Crippen LogP contribution in [0.4, 0.5) is 5.69 Å². The molecule has 1 fully saturated rings. The van der Waals surface area contributed by atoms with Gasteiger partial charge in [0.05, 0.1) is 5.41 Å². The van der Waals surface area contributed by atoms with E-state index in [1.54, 1.807) is 4.90 Å². The van der Waals surface area contributed by atoms with Crippen LogP contribution >= 0.6 is 15.9 Å². The van der Waals surface area contributed by atoms with Crippen molar-refractivity contribution in [3.63, 3.8) is 0 Å². The number of amides is 1. The predicted octanol–water partition coefficient (Wildman–Crippen LogP) is 3.85. The van der Waals surface area contributed by atoms with E-state index in [0.29, 0.717) is 6.42 Å². The molecule has 1 atom stereocenters. The van der Waals surface area contributed by atoms with E-state index in [1.807, 2.05) is 37.3 Å². The lowest BCUT2D eigenvalue weighted by Crippen LogP contribution is -2.57. The van der Waals surface area contributed by atoms with E-state index < -0.39 is 5.41 Å². The Morgan fingerprint density at radius 3 is 2.47 bits per heavy atom. The van der Waals surface area contributed by atoms with Crippen LogP contribution in [0, 0.1) is 5.41 Å². The molecule has 17 heavy (non-hydrogen) atoms. The summed E-state index contributed by atoms with van der Waals surface area (Å²) in [6.45, 7) is 9.72. The van der Waals surface area contributed by atoms with Crippen molar-refractivity contribution in [2.24, 2.45) is 5.41 Å². The van der Waals surface area contributed by atoms with Crippen LogP contribution in [0.1, 0.15) is 13.3 Å². The number of β-lactam (4-membered cyclic amide) rings is 1. The fourth-order valence-corrected chi connectivity index (χ4v) is 2.66. The van der Waals surface area contributed by atoms with E-state index in [-0.39, 0.29) is 5.91 Å². The molecule has 0 aromatic heterocycles. The maximum absolute atomic E-state index is 12.2. The molecule has 1 aliphatic heterocycles. The van der Waals surface area contributed by atoms with E-state index in [2.05, 4.69) is 29.1 Å². The molecule has 0 aliphatic carbocycles. The van der Waals surface area contributed by atoms with Crippen LogP contribution in [0.15, 0.2) is 53.7 Å². The minimum Gasteiger partial charge on any atom is -0.284 e. The predicted molar refractivity (Wildman–Crippen MR) is 73.9 cm³/mol. The van der Waals surface area contributed by atoms with Crippen molar-refractivity contribution in [3.05, 3.63) is 53.7 Å². The first kappa shape index (κ1) is 12.1. The lowest BCUT2D eigenvalue weighted by atomic mass is 9.74. The highest BCUT2D eigenvalue weighted by Crippen LogP contribution is 2.48. The molecule has 0 spiro atoms. The maximum atomic E-state index is 12.2. The van der Waals surface area contributed by atoms with Gasteiger partial charge in [0, 0.05) is 11.4 Å². The van der Waals surface area contributed by atoms with Crippen molar-refractivity contribution in [1.82, 2.24) is 0 Å². The second kappa shape index (κ2) is 4.15. The van der Waals surface area contributed by atoms with Gasteiger partial charge in [-0.3, -0.25) is 9.69 Å². The average Bonchev–Trinajstić information content (AvgIpc) is 2.30. The number of rotatable bonds is 3. The Bertz CT molecular complexity index is 476. The van der Waals surface area contributed by atoms with Crippen molar-refractivity contribution in [3.8, 4) is 0 Å². The summed E-state index contributed by atoms with van der Waals surface area (Å²) < 4.78 is 0.821. The molecule has 3 heteroatoms. The molecule has 0 bridgehead atoms. The number of hydrogen-bond acceptors (Lipinski definition) is 1. The number of allylic oxidation sites excluding steroid dienone is 1. The van der Waals surface area contributed by atoms with Crippen molar-refractivity contribution < 1.29 is 4.79 Å². The van der Waals surface area contributed by atoms with Gasteiger partial charge in [0.15, 0.2) is 0 Å². The average molecular weight is 292 g/mol. The van der Waals surface area contributed by atoms with Gasteiger partial charge in [-0.25, -0.2) is 0 Å². The minimum atomic E-state index is -0.517. The number of hydrogen-bond donors (Lipinski definition) is 0. The molecular formula is C14H14BrNO. The SMILES string of the molecule is C=C(Br)CC1(C)C(=C)N(c2ccccc2)C1=O. The highest BCUT2D eigenvalue weighted by atomic mass is 79.9. The number of carbonyl (C=O) groups excluding carboxylic acids is 1. The lowest BCUT2D eigenvalue weighted by molar-refractivity contribution is -0.130. The number of nitrogens with zero attached hydrogens (tertiary/aromatic N) is 1. The van der Waals surface area contributed by atoms with Crippen LogP contribution in [0.5, 0.6) is 0 Å². The second-order valence-corrected chi connectivity index (χ2v) is 5.57. The van der Waals surface area contributed by atoms with E-state index in [4.69, 9.17) is 0 Å². The first-order valence-corrected chi connectivity index (χ1v) is 6.18. The van der Waals surface area contributed by atoms with E-state index >= 15 is 0 Å². The molecule has 1 aromatic carbocycles. The summed E-state index contributed by atoms with van der Waals surface area (Å²) in [6, 6.07) is 9.57. The van der Waals surface area contributed by atoms with Gasteiger partial charge >= 0.3 is 0 Å². The topological polar surface area (TPSA) is 20.3 Å². The zero-order chi connectivity index (χ0) is 12.6. The highest BCUT2D eigenvalue weighted by molar-refractivity contribution is 9.11. The Morgan fingerprint density at radius 1 is 1.41 bits per heavy atom. The van der Waals surface area contributed by atoms with Gasteiger partial charge in [-0.05, 0) is 30.0 Å². The molecule has 2 rings (SSSR count). The summed E-state index contributed by atoms with van der Waals surface area (Å²) in [5.74, 6) is 0.0781. The van der Waals surface area contributed by atoms with Gasteiger partial charge in [-0.15, -0.1) is 0 Å². The minimum absolute atomic E-state index is 0.0781. The molecule has 1 aromatic rings.